The third-order valence-corrected chi connectivity index (χ3v) is 11.4. The largest absolute Gasteiger partial charge is 0.456 e. The lowest BCUT2D eigenvalue weighted by atomic mass is 9.95. The Labute approximate surface area is 333 Å². The summed E-state index contributed by atoms with van der Waals surface area (Å²) in [5, 5.41) is 7.72. The summed E-state index contributed by atoms with van der Waals surface area (Å²) in [6, 6.07) is 67.7. The minimum absolute atomic E-state index is 0.648. The third-order valence-electron chi connectivity index (χ3n) is 11.4. The predicted octanol–water partition coefficient (Wildman–Crippen LogP) is 13.8. The lowest BCUT2D eigenvalue weighted by molar-refractivity contribution is 0.669. The molecule has 4 aromatic heterocycles. The fourth-order valence-corrected chi connectivity index (χ4v) is 8.73. The van der Waals surface area contributed by atoms with Crippen molar-refractivity contribution in [2.75, 3.05) is 0 Å². The lowest BCUT2D eigenvalue weighted by Gasteiger charge is -2.13. The molecule has 0 atom stereocenters. The monoisotopic (exact) mass is 740 g/mol. The van der Waals surface area contributed by atoms with Gasteiger partial charge in [0.2, 0.25) is 0 Å². The maximum Gasteiger partial charge on any atom is 0.160 e. The molecule has 0 fully saturated rings. The first-order valence-corrected chi connectivity index (χ1v) is 19.5. The van der Waals surface area contributed by atoms with Crippen molar-refractivity contribution in [1.29, 1.82) is 0 Å². The maximum atomic E-state index is 6.44. The Balaban J connectivity index is 1.11. The van der Waals surface area contributed by atoms with Crippen LogP contribution in [0.3, 0.4) is 0 Å². The second-order valence-electron chi connectivity index (χ2n) is 14.8. The number of hydrogen-bond acceptors (Lipinski definition) is 4. The van der Waals surface area contributed by atoms with E-state index in [1.165, 1.54) is 16.3 Å². The van der Waals surface area contributed by atoms with Gasteiger partial charge in [-0.05, 0) is 72.8 Å². The van der Waals surface area contributed by atoms with Gasteiger partial charge < -0.3 is 8.98 Å². The number of nitrogens with zero attached hydrogens (tertiary/aromatic N) is 4. The first kappa shape index (κ1) is 32.4. The van der Waals surface area contributed by atoms with E-state index in [2.05, 4.69) is 174 Å². The highest BCUT2D eigenvalue weighted by molar-refractivity contribution is 6.28. The van der Waals surface area contributed by atoms with E-state index in [1.807, 2.05) is 24.3 Å². The molecule has 5 nitrogen and oxygen atoms in total. The number of aromatic nitrogens is 4. The molecule has 0 saturated heterocycles. The summed E-state index contributed by atoms with van der Waals surface area (Å²) in [5.74, 6) is 0.648. The van der Waals surface area contributed by atoms with E-state index in [0.717, 1.165) is 94.2 Å². The van der Waals surface area contributed by atoms with E-state index in [4.69, 9.17) is 19.4 Å². The standard InChI is InChI=1S/C53H32N4O/c1-4-14-33(15-5-1)44-32-45(35-25-28-47-41(30-35)38-20-10-12-22-46(38)57(47)37-18-8-3-9-19-37)56-53(55-44)36-24-27-43-42(31-36)50-40(52(54-43)34-16-6-2-7-17-34)26-29-49-51(50)39-21-11-13-23-48(39)58-49/h1-32H. The highest BCUT2D eigenvalue weighted by Gasteiger charge is 2.20. The first-order valence-electron chi connectivity index (χ1n) is 19.5. The van der Waals surface area contributed by atoms with Gasteiger partial charge in [0.25, 0.3) is 0 Å². The Morgan fingerprint density at radius 1 is 0.362 bits per heavy atom. The average Bonchev–Trinajstić information content (AvgIpc) is 3.85. The van der Waals surface area contributed by atoms with Crippen LogP contribution in [0, 0.1) is 0 Å². The SMILES string of the molecule is c1ccc(-c2cc(-c3ccc4c(c3)c3ccccc3n4-c3ccccc3)nc(-c3ccc4nc(-c5ccccc5)c5ccc6oc7ccccc7c6c5c4c3)n2)cc1. The van der Waals surface area contributed by atoms with Gasteiger partial charge in [0.05, 0.1) is 33.6 Å². The molecule has 5 heteroatoms. The molecule has 0 aliphatic heterocycles. The summed E-state index contributed by atoms with van der Waals surface area (Å²) in [4.78, 5) is 15.9. The van der Waals surface area contributed by atoms with Crippen LogP contribution < -0.4 is 0 Å². The van der Waals surface area contributed by atoms with Crippen molar-refractivity contribution in [2.24, 2.45) is 0 Å². The second kappa shape index (κ2) is 12.8. The Bertz CT molecular complexity index is 3550. The van der Waals surface area contributed by atoms with Crippen molar-refractivity contribution in [1.82, 2.24) is 19.5 Å². The van der Waals surface area contributed by atoms with Crippen molar-refractivity contribution >= 4 is 65.4 Å². The van der Waals surface area contributed by atoms with Gasteiger partial charge in [0.15, 0.2) is 5.82 Å². The molecule has 0 amide bonds. The van der Waals surface area contributed by atoms with E-state index < -0.39 is 0 Å². The highest BCUT2D eigenvalue weighted by Crippen LogP contribution is 2.42. The number of furan rings is 1. The van der Waals surface area contributed by atoms with Crippen LogP contribution in [0.1, 0.15) is 0 Å². The number of fused-ring (bicyclic) bond motifs is 10. The molecule has 0 spiro atoms. The first-order chi connectivity index (χ1) is 28.7. The van der Waals surface area contributed by atoms with Gasteiger partial charge in [0, 0.05) is 65.6 Å². The molecule has 58 heavy (non-hydrogen) atoms. The predicted molar refractivity (Wildman–Crippen MR) is 238 cm³/mol. The number of benzene rings is 8. The normalized spacial score (nSPS) is 11.8. The number of rotatable bonds is 5. The van der Waals surface area contributed by atoms with Crippen LogP contribution in [0.5, 0.6) is 0 Å². The molecule has 0 N–H and O–H groups in total. The molecule has 270 valence electrons. The summed E-state index contributed by atoms with van der Waals surface area (Å²) in [5.41, 5.74) is 12.7. The van der Waals surface area contributed by atoms with Crippen LogP contribution in [0.15, 0.2) is 199 Å². The van der Waals surface area contributed by atoms with E-state index in [9.17, 15) is 0 Å². The van der Waals surface area contributed by atoms with E-state index in [1.54, 1.807) is 0 Å². The minimum Gasteiger partial charge on any atom is -0.456 e. The Morgan fingerprint density at radius 3 is 1.81 bits per heavy atom. The molecular formula is C53H32N4O. The highest BCUT2D eigenvalue weighted by atomic mass is 16.3. The molecule has 12 rings (SSSR count). The molecule has 12 aromatic rings. The number of hydrogen-bond donors (Lipinski definition) is 0. The van der Waals surface area contributed by atoms with E-state index >= 15 is 0 Å². The molecule has 0 aliphatic rings. The number of para-hydroxylation sites is 3. The van der Waals surface area contributed by atoms with Gasteiger partial charge in [-0.25, -0.2) is 15.0 Å². The molecule has 0 radical (unpaired) electrons. The Kier molecular flexibility index (Phi) is 7.16. The summed E-state index contributed by atoms with van der Waals surface area (Å²) in [6.45, 7) is 0. The molecule has 0 bridgehead atoms. The van der Waals surface area contributed by atoms with E-state index in [0.29, 0.717) is 5.82 Å². The lowest BCUT2D eigenvalue weighted by Crippen LogP contribution is -1.97. The second-order valence-corrected chi connectivity index (χ2v) is 14.8. The van der Waals surface area contributed by atoms with Crippen LogP contribution in [0.2, 0.25) is 0 Å². The average molecular weight is 741 g/mol. The van der Waals surface area contributed by atoms with E-state index in [-0.39, 0.29) is 0 Å². The van der Waals surface area contributed by atoms with Crippen molar-refractivity contribution in [3.8, 4) is 50.8 Å². The topological polar surface area (TPSA) is 56.7 Å². The van der Waals surface area contributed by atoms with Crippen LogP contribution in [0.4, 0.5) is 0 Å². The Morgan fingerprint density at radius 2 is 1.00 bits per heavy atom. The van der Waals surface area contributed by atoms with Crippen molar-refractivity contribution < 1.29 is 4.42 Å². The zero-order valence-electron chi connectivity index (χ0n) is 31.2. The molecule has 0 aliphatic carbocycles. The molecule has 8 aromatic carbocycles. The summed E-state index contributed by atoms with van der Waals surface area (Å²) < 4.78 is 8.78. The van der Waals surface area contributed by atoms with Gasteiger partial charge in [0.1, 0.15) is 11.2 Å². The Hall–Kier alpha value is -7.89. The smallest absolute Gasteiger partial charge is 0.160 e. The summed E-state index contributed by atoms with van der Waals surface area (Å²) >= 11 is 0. The maximum absolute atomic E-state index is 6.44. The van der Waals surface area contributed by atoms with Crippen LogP contribution in [0.25, 0.3) is 116 Å². The third kappa shape index (κ3) is 5.07. The fourth-order valence-electron chi connectivity index (χ4n) is 8.73. The zero-order chi connectivity index (χ0) is 38.2. The van der Waals surface area contributed by atoms with Gasteiger partial charge in [-0.2, -0.15) is 0 Å². The molecule has 0 saturated carbocycles. The molecule has 4 heterocycles. The van der Waals surface area contributed by atoms with Crippen LogP contribution in [-0.2, 0) is 0 Å². The van der Waals surface area contributed by atoms with Gasteiger partial charge in [-0.3, -0.25) is 0 Å². The van der Waals surface area contributed by atoms with Crippen molar-refractivity contribution in [3.05, 3.63) is 194 Å². The fraction of sp³-hybridized carbons (Fsp3) is 0. The van der Waals surface area contributed by atoms with Crippen LogP contribution in [-0.4, -0.2) is 19.5 Å². The van der Waals surface area contributed by atoms with Crippen molar-refractivity contribution in [3.63, 3.8) is 0 Å². The van der Waals surface area contributed by atoms with Gasteiger partial charge in [-0.1, -0.05) is 121 Å². The zero-order valence-corrected chi connectivity index (χ0v) is 31.2. The van der Waals surface area contributed by atoms with Crippen LogP contribution >= 0.6 is 0 Å². The minimum atomic E-state index is 0.648. The van der Waals surface area contributed by atoms with Crippen molar-refractivity contribution in [2.45, 2.75) is 0 Å². The van der Waals surface area contributed by atoms with Gasteiger partial charge >= 0.3 is 0 Å². The van der Waals surface area contributed by atoms with Gasteiger partial charge in [-0.15, -0.1) is 0 Å². The molecular weight excluding hydrogens is 709 g/mol. The summed E-state index contributed by atoms with van der Waals surface area (Å²) in [6.07, 6.45) is 0. The molecule has 0 unspecified atom stereocenters. The summed E-state index contributed by atoms with van der Waals surface area (Å²) in [7, 11) is 0. The quantitative estimate of drug-likeness (QED) is 0.165. The number of pyridine rings is 1.